The number of rotatable bonds is 2. The molecule has 1 heterocycles. The molecule has 0 spiro atoms. The number of hydrogen-bond acceptors (Lipinski definition) is 2. The monoisotopic (exact) mass is 253 g/mol. The lowest BCUT2D eigenvalue weighted by Gasteiger charge is -2.38. The Kier molecular flexibility index (Phi) is 3.37. The van der Waals surface area contributed by atoms with Crippen molar-refractivity contribution in [3.05, 3.63) is 28.8 Å². The minimum atomic E-state index is 0.00728. The molecule has 1 aromatic rings. The van der Waals surface area contributed by atoms with E-state index in [4.69, 9.17) is 11.6 Å². The quantitative estimate of drug-likeness (QED) is 0.875. The smallest absolute Gasteiger partial charge is 0.0482 e. The Morgan fingerprint density at radius 3 is 2.71 bits per heavy atom. The highest BCUT2D eigenvalue weighted by Crippen LogP contribution is 2.39. The molecule has 1 unspecified atom stereocenters. The second kappa shape index (κ2) is 4.51. The third-order valence-electron chi connectivity index (χ3n) is 4.07. The van der Waals surface area contributed by atoms with Crippen molar-refractivity contribution in [3.8, 4) is 0 Å². The standard InChI is InChI=1S/C14H20ClNO/c1-10-8-12(15)4-5-13(10)16-7-6-11(9-17)14(16,2)3/h4-5,8,11,17H,6-7,9H2,1-3H3. The maximum Gasteiger partial charge on any atom is 0.0482 e. The summed E-state index contributed by atoms with van der Waals surface area (Å²) in [7, 11) is 0. The molecule has 0 radical (unpaired) electrons. The molecule has 1 fully saturated rings. The van der Waals surface area contributed by atoms with Crippen molar-refractivity contribution < 1.29 is 5.11 Å². The summed E-state index contributed by atoms with van der Waals surface area (Å²) in [5, 5.41) is 10.2. The summed E-state index contributed by atoms with van der Waals surface area (Å²) in [6.07, 6.45) is 1.05. The van der Waals surface area contributed by atoms with E-state index in [-0.39, 0.29) is 12.1 Å². The summed E-state index contributed by atoms with van der Waals surface area (Å²) in [4.78, 5) is 2.39. The zero-order valence-electron chi connectivity index (χ0n) is 10.7. The molecule has 0 aliphatic carbocycles. The molecule has 17 heavy (non-hydrogen) atoms. The SMILES string of the molecule is Cc1cc(Cl)ccc1N1CCC(CO)C1(C)C. The molecular weight excluding hydrogens is 234 g/mol. The summed E-state index contributed by atoms with van der Waals surface area (Å²) in [6.45, 7) is 7.75. The topological polar surface area (TPSA) is 23.5 Å². The maximum atomic E-state index is 9.43. The Morgan fingerprint density at radius 1 is 1.47 bits per heavy atom. The highest BCUT2D eigenvalue weighted by Gasteiger charge is 2.41. The molecule has 94 valence electrons. The zero-order valence-corrected chi connectivity index (χ0v) is 11.5. The van der Waals surface area contributed by atoms with Gasteiger partial charge in [-0.2, -0.15) is 0 Å². The van der Waals surface area contributed by atoms with E-state index < -0.39 is 0 Å². The Bertz CT molecular complexity index is 417. The second-order valence-corrected chi connectivity index (χ2v) is 5.84. The van der Waals surface area contributed by atoms with E-state index in [1.54, 1.807) is 0 Å². The van der Waals surface area contributed by atoms with Crippen molar-refractivity contribution >= 4 is 17.3 Å². The maximum absolute atomic E-state index is 9.43. The highest BCUT2D eigenvalue weighted by atomic mass is 35.5. The number of hydrogen-bond donors (Lipinski definition) is 1. The lowest BCUT2D eigenvalue weighted by atomic mass is 9.89. The molecule has 0 amide bonds. The zero-order chi connectivity index (χ0) is 12.6. The fourth-order valence-electron chi connectivity index (χ4n) is 2.81. The minimum absolute atomic E-state index is 0.00728. The van der Waals surface area contributed by atoms with Gasteiger partial charge < -0.3 is 10.0 Å². The van der Waals surface area contributed by atoms with Gasteiger partial charge in [-0.1, -0.05) is 11.6 Å². The fraction of sp³-hybridized carbons (Fsp3) is 0.571. The van der Waals surface area contributed by atoms with Crippen LogP contribution in [-0.2, 0) is 0 Å². The van der Waals surface area contributed by atoms with Crippen LogP contribution in [0.15, 0.2) is 18.2 Å². The normalized spacial score (nSPS) is 23.1. The lowest BCUT2D eigenvalue weighted by molar-refractivity contribution is 0.189. The van der Waals surface area contributed by atoms with Crippen LogP contribution in [0, 0.1) is 12.8 Å². The molecule has 3 heteroatoms. The van der Waals surface area contributed by atoms with E-state index in [9.17, 15) is 5.11 Å². The van der Waals surface area contributed by atoms with Gasteiger partial charge in [-0.05, 0) is 51.0 Å². The van der Waals surface area contributed by atoms with Crippen molar-refractivity contribution in [2.45, 2.75) is 32.7 Å². The van der Waals surface area contributed by atoms with Gasteiger partial charge in [0.05, 0.1) is 0 Å². The second-order valence-electron chi connectivity index (χ2n) is 5.40. The number of benzene rings is 1. The van der Waals surface area contributed by atoms with E-state index in [0.29, 0.717) is 5.92 Å². The molecule has 2 nitrogen and oxygen atoms in total. The number of halogens is 1. The van der Waals surface area contributed by atoms with Crippen LogP contribution in [0.1, 0.15) is 25.8 Å². The molecule has 1 N–H and O–H groups in total. The molecule has 1 atom stereocenters. The molecule has 0 saturated carbocycles. The van der Waals surface area contributed by atoms with Gasteiger partial charge in [0.25, 0.3) is 0 Å². The van der Waals surface area contributed by atoms with Gasteiger partial charge in [-0.15, -0.1) is 0 Å². The van der Waals surface area contributed by atoms with E-state index in [1.165, 1.54) is 11.3 Å². The molecule has 0 bridgehead atoms. The van der Waals surface area contributed by atoms with Gasteiger partial charge in [0.2, 0.25) is 0 Å². The van der Waals surface area contributed by atoms with Crippen molar-refractivity contribution in [2.75, 3.05) is 18.1 Å². The van der Waals surface area contributed by atoms with E-state index in [1.807, 2.05) is 12.1 Å². The van der Waals surface area contributed by atoms with Crippen LogP contribution < -0.4 is 4.90 Å². The lowest BCUT2D eigenvalue weighted by Crippen LogP contribution is -2.44. The molecule has 1 aliphatic rings. The van der Waals surface area contributed by atoms with Crippen molar-refractivity contribution in [1.29, 1.82) is 0 Å². The Hall–Kier alpha value is -0.730. The van der Waals surface area contributed by atoms with Gasteiger partial charge in [0.1, 0.15) is 0 Å². The van der Waals surface area contributed by atoms with E-state index in [2.05, 4.69) is 31.7 Å². The van der Waals surface area contributed by atoms with Crippen molar-refractivity contribution in [2.24, 2.45) is 5.92 Å². The molecule has 0 aromatic heterocycles. The summed E-state index contributed by atoms with van der Waals surface area (Å²) in [5.74, 6) is 0.345. The molecule has 2 rings (SSSR count). The van der Waals surface area contributed by atoms with Gasteiger partial charge in [0, 0.05) is 35.3 Å². The molecular formula is C14H20ClNO. The molecule has 1 saturated heterocycles. The Labute approximate surface area is 108 Å². The first kappa shape index (κ1) is 12.7. The fourth-order valence-corrected chi connectivity index (χ4v) is 3.04. The summed E-state index contributed by atoms with van der Waals surface area (Å²) < 4.78 is 0. The van der Waals surface area contributed by atoms with Gasteiger partial charge in [0.15, 0.2) is 0 Å². The Morgan fingerprint density at radius 2 is 2.18 bits per heavy atom. The van der Waals surface area contributed by atoms with Gasteiger partial charge >= 0.3 is 0 Å². The first-order valence-corrected chi connectivity index (χ1v) is 6.49. The van der Waals surface area contributed by atoms with Crippen LogP contribution >= 0.6 is 11.6 Å². The van der Waals surface area contributed by atoms with Gasteiger partial charge in [-0.25, -0.2) is 0 Å². The number of aliphatic hydroxyl groups is 1. The summed E-state index contributed by atoms with van der Waals surface area (Å²) >= 11 is 5.99. The highest BCUT2D eigenvalue weighted by molar-refractivity contribution is 6.30. The average molecular weight is 254 g/mol. The first-order valence-electron chi connectivity index (χ1n) is 6.11. The van der Waals surface area contributed by atoms with E-state index >= 15 is 0 Å². The van der Waals surface area contributed by atoms with Crippen LogP contribution in [0.3, 0.4) is 0 Å². The van der Waals surface area contributed by atoms with Crippen LogP contribution in [0.25, 0.3) is 0 Å². The number of nitrogens with zero attached hydrogens (tertiary/aromatic N) is 1. The van der Waals surface area contributed by atoms with Gasteiger partial charge in [-0.3, -0.25) is 0 Å². The van der Waals surface area contributed by atoms with Crippen LogP contribution in [-0.4, -0.2) is 23.8 Å². The predicted octanol–water partition coefficient (Wildman–Crippen LogP) is 3.25. The van der Waals surface area contributed by atoms with Crippen molar-refractivity contribution in [1.82, 2.24) is 0 Å². The average Bonchev–Trinajstić information content (AvgIpc) is 2.54. The van der Waals surface area contributed by atoms with Crippen LogP contribution in [0.5, 0.6) is 0 Å². The Balaban J connectivity index is 2.35. The van der Waals surface area contributed by atoms with Crippen LogP contribution in [0.4, 0.5) is 5.69 Å². The first-order chi connectivity index (χ1) is 7.96. The minimum Gasteiger partial charge on any atom is -0.396 e. The van der Waals surface area contributed by atoms with Crippen molar-refractivity contribution in [3.63, 3.8) is 0 Å². The number of anilines is 1. The predicted molar refractivity (Wildman–Crippen MR) is 72.8 cm³/mol. The summed E-state index contributed by atoms with van der Waals surface area (Å²) in [5.41, 5.74) is 2.44. The van der Waals surface area contributed by atoms with Crippen LogP contribution in [0.2, 0.25) is 5.02 Å². The number of aliphatic hydroxyl groups excluding tert-OH is 1. The molecule has 1 aliphatic heterocycles. The third kappa shape index (κ3) is 2.16. The van der Waals surface area contributed by atoms with E-state index in [0.717, 1.165) is 18.0 Å². The largest absolute Gasteiger partial charge is 0.396 e. The molecule has 1 aromatic carbocycles. The summed E-state index contributed by atoms with van der Waals surface area (Å²) in [6, 6.07) is 6.02. The third-order valence-corrected chi connectivity index (χ3v) is 4.30. The number of aryl methyl sites for hydroxylation is 1.